The first-order valence-corrected chi connectivity index (χ1v) is 3.72. The van der Waals surface area contributed by atoms with E-state index in [4.69, 9.17) is 0 Å². The van der Waals surface area contributed by atoms with E-state index in [1.54, 1.807) is 12.4 Å². The SMILES string of the molecule is C=C/C(C)=C/C=C/C(C)=C/[C]=O. The molecular formula is C11H13O. The van der Waals surface area contributed by atoms with Crippen LogP contribution in [-0.2, 0) is 4.79 Å². The maximum Gasteiger partial charge on any atom is 0.225 e. The molecule has 0 rings (SSSR count). The van der Waals surface area contributed by atoms with E-state index >= 15 is 0 Å². The van der Waals surface area contributed by atoms with Gasteiger partial charge in [-0.25, -0.2) is 0 Å². The highest BCUT2D eigenvalue weighted by atomic mass is 16.1. The predicted octanol–water partition coefficient (Wildman–Crippen LogP) is 2.73. The molecule has 0 fully saturated rings. The molecule has 0 atom stereocenters. The lowest BCUT2D eigenvalue weighted by molar-refractivity contribution is 0.564. The molecule has 1 nitrogen and oxygen atoms in total. The van der Waals surface area contributed by atoms with Crippen LogP contribution in [0, 0.1) is 0 Å². The van der Waals surface area contributed by atoms with Crippen molar-refractivity contribution in [2.45, 2.75) is 13.8 Å². The van der Waals surface area contributed by atoms with E-state index in [0.717, 1.165) is 11.1 Å². The fraction of sp³-hybridized carbons (Fsp3) is 0.182. The average Bonchev–Trinajstić information content (AvgIpc) is 2.04. The van der Waals surface area contributed by atoms with Crippen molar-refractivity contribution in [1.29, 1.82) is 0 Å². The van der Waals surface area contributed by atoms with Gasteiger partial charge in [-0.3, -0.25) is 4.79 Å². The van der Waals surface area contributed by atoms with Gasteiger partial charge < -0.3 is 0 Å². The summed E-state index contributed by atoms with van der Waals surface area (Å²) in [4.78, 5) is 9.90. The minimum absolute atomic E-state index is 0.887. The first kappa shape index (κ1) is 10.6. The Morgan fingerprint density at radius 3 is 2.50 bits per heavy atom. The number of carbonyl (C=O) groups excluding carboxylic acids is 1. The van der Waals surface area contributed by atoms with Gasteiger partial charge in [0.05, 0.1) is 0 Å². The lowest BCUT2D eigenvalue weighted by Gasteiger charge is -1.86. The highest BCUT2D eigenvalue weighted by Crippen LogP contribution is 1.97. The Hall–Kier alpha value is -1.37. The fourth-order valence-electron chi connectivity index (χ4n) is 0.561. The second kappa shape index (κ2) is 6.35. The van der Waals surface area contributed by atoms with Crippen LogP contribution in [0.25, 0.3) is 0 Å². The Morgan fingerprint density at radius 2 is 2.00 bits per heavy atom. The van der Waals surface area contributed by atoms with Crippen molar-refractivity contribution in [3.8, 4) is 0 Å². The van der Waals surface area contributed by atoms with E-state index in [1.165, 1.54) is 6.08 Å². The highest BCUT2D eigenvalue weighted by Gasteiger charge is 1.78. The molecule has 0 saturated heterocycles. The van der Waals surface area contributed by atoms with Crippen molar-refractivity contribution in [2.24, 2.45) is 0 Å². The quantitative estimate of drug-likeness (QED) is 0.457. The largest absolute Gasteiger partial charge is 0.286 e. The topological polar surface area (TPSA) is 17.1 Å². The van der Waals surface area contributed by atoms with Gasteiger partial charge in [0.2, 0.25) is 6.29 Å². The number of allylic oxidation sites excluding steroid dienone is 7. The van der Waals surface area contributed by atoms with Crippen molar-refractivity contribution < 1.29 is 4.79 Å². The molecule has 0 heterocycles. The molecule has 0 aliphatic carbocycles. The van der Waals surface area contributed by atoms with Gasteiger partial charge in [-0.15, -0.1) is 0 Å². The molecule has 0 aromatic carbocycles. The van der Waals surface area contributed by atoms with Gasteiger partial charge in [0.1, 0.15) is 0 Å². The molecule has 0 bridgehead atoms. The Morgan fingerprint density at radius 1 is 1.33 bits per heavy atom. The molecule has 0 saturated carbocycles. The summed E-state index contributed by atoms with van der Waals surface area (Å²) < 4.78 is 0. The van der Waals surface area contributed by atoms with Gasteiger partial charge in [-0.1, -0.05) is 36.5 Å². The second-order valence-corrected chi connectivity index (χ2v) is 2.48. The zero-order valence-corrected chi connectivity index (χ0v) is 7.50. The Labute approximate surface area is 73.8 Å². The fourth-order valence-corrected chi connectivity index (χ4v) is 0.561. The van der Waals surface area contributed by atoms with Gasteiger partial charge in [-0.05, 0) is 25.5 Å². The van der Waals surface area contributed by atoms with E-state index in [0.29, 0.717) is 0 Å². The van der Waals surface area contributed by atoms with Crippen LogP contribution in [0.15, 0.2) is 48.1 Å². The van der Waals surface area contributed by atoms with Gasteiger partial charge in [0, 0.05) is 0 Å². The maximum absolute atomic E-state index is 9.90. The number of hydrogen-bond donors (Lipinski definition) is 0. The molecule has 0 amide bonds. The number of rotatable bonds is 4. The van der Waals surface area contributed by atoms with E-state index in [9.17, 15) is 4.79 Å². The summed E-state index contributed by atoms with van der Waals surface area (Å²) in [6.07, 6.45) is 10.5. The van der Waals surface area contributed by atoms with Crippen molar-refractivity contribution in [2.75, 3.05) is 0 Å². The molecule has 0 aliphatic heterocycles. The summed E-state index contributed by atoms with van der Waals surface area (Å²) in [5.74, 6) is 0. The molecule has 0 N–H and O–H groups in total. The molecule has 0 aromatic heterocycles. The molecule has 0 unspecified atom stereocenters. The van der Waals surface area contributed by atoms with Gasteiger partial charge in [0.25, 0.3) is 0 Å². The Bertz CT molecular complexity index is 242. The summed E-state index contributed by atoms with van der Waals surface area (Å²) in [5.41, 5.74) is 1.98. The van der Waals surface area contributed by atoms with Crippen molar-refractivity contribution in [3.05, 3.63) is 48.1 Å². The van der Waals surface area contributed by atoms with E-state index in [1.807, 2.05) is 32.1 Å². The van der Waals surface area contributed by atoms with Crippen LogP contribution < -0.4 is 0 Å². The normalized spacial score (nSPS) is 13.5. The lowest BCUT2D eigenvalue weighted by atomic mass is 10.2. The van der Waals surface area contributed by atoms with Crippen LogP contribution in [0.2, 0.25) is 0 Å². The summed E-state index contributed by atoms with van der Waals surface area (Å²) in [6.45, 7) is 7.42. The maximum atomic E-state index is 9.90. The lowest BCUT2D eigenvalue weighted by Crippen LogP contribution is -1.69. The van der Waals surface area contributed by atoms with Crippen molar-refractivity contribution in [1.82, 2.24) is 0 Å². The summed E-state index contributed by atoms with van der Waals surface area (Å²) in [7, 11) is 0. The second-order valence-electron chi connectivity index (χ2n) is 2.48. The molecule has 63 valence electrons. The zero-order chi connectivity index (χ0) is 9.40. The third-order valence-corrected chi connectivity index (χ3v) is 1.33. The molecule has 1 heteroatoms. The molecule has 0 spiro atoms. The average molecular weight is 161 g/mol. The third-order valence-electron chi connectivity index (χ3n) is 1.33. The van der Waals surface area contributed by atoms with Crippen LogP contribution in [-0.4, -0.2) is 6.29 Å². The van der Waals surface area contributed by atoms with Crippen LogP contribution in [0.4, 0.5) is 0 Å². The van der Waals surface area contributed by atoms with E-state index < -0.39 is 0 Å². The number of hydrogen-bond acceptors (Lipinski definition) is 1. The first-order valence-electron chi connectivity index (χ1n) is 3.72. The van der Waals surface area contributed by atoms with Crippen LogP contribution in [0.5, 0.6) is 0 Å². The minimum Gasteiger partial charge on any atom is -0.286 e. The molecule has 12 heavy (non-hydrogen) atoms. The minimum atomic E-state index is 0.887. The third kappa shape index (κ3) is 5.42. The van der Waals surface area contributed by atoms with E-state index in [2.05, 4.69) is 6.58 Å². The van der Waals surface area contributed by atoms with E-state index in [-0.39, 0.29) is 0 Å². The van der Waals surface area contributed by atoms with Gasteiger partial charge >= 0.3 is 0 Å². The molecule has 1 radical (unpaired) electrons. The first-order chi connectivity index (χ1) is 5.70. The van der Waals surface area contributed by atoms with Crippen LogP contribution in [0.3, 0.4) is 0 Å². The predicted molar refractivity (Wildman–Crippen MR) is 52.5 cm³/mol. The Balaban J connectivity index is 4.16. The molecular weight excluding hydrogens is 148 g/mol. The monoisotopic (exact) mass is 161 g/mol. The van der Waals surface area contributed by atoms with Crippen molar-refractivity contribution in [3.63, 3.8) is 0 Å². The Kier molecular flexibility index (Phi) is 5.62. The smallest absolute Gasteiger partial charge is 0.225 e. The van der Waals surface area contributed by atoms with Gasteiger partial charge in [-0.2, -0.15) is 0 Å². The molecule has 0 aromatic rings. The van der Waals surface area contributed by atoms with Gasteiger partial charge in [0.15, 0.2) is 0 Å². The zero-order valence-electron chi connectivity index (χ0n) is 7.50. The summed E-state index contributed by atoms with van der Waals surface area (Å²) in [5, 5.41) is 0. The van der Waals surface area contributed by atoms with Crippen LogP contribution in [0.1, 0.15) is 13.8 Å². The summed E-state index contributed by atoms with van der Waals surface area (Å²) >= 11 is 0. The highest BCUT2D eigenvalue weighted by molar-refractivity contribution is 5.67. The van der Waals surface area contributed by atoms with Crippen molar-refractivity contribution >= 4 is 6.29 Å². The summed E-state index contributed by atoms with van der Waals surface area (Å²) in [6, 6.07) is 0. The standard InChI is InChI=1S/C11H13O/c1-4-10(2)6-5-7-11(3)8-9-12/h4-8H,1H2,2-3H3/b7-5+,10-6+,11-8+. The molecule has 0 aliphatic rings. The van der Waals surface area contributed by atoms with Crippen LogP contribution >= 0.6 is 0 Å².